The van der Waals surface area contributed by atoms with E-state index in [4.69, 9.17) is 4.74 Å². The van der Waals surface area contributed by atoms with Gasteiger partial charge in [0, 0.05) is 6.61 Å². The Morgan fingerprint density at radius 3 is 2.42 bits per heavy atom. The van der Waals surface area contributed by atoms with Gasteiger partial charge in [-0.15, -0.1) is 0 Å². The largest absolute Gasteiger partial charge is 0.481 e. The minimum Gasteiger partial charge on any atom is -0.481 e. The van der Waals surface area contributed by atoms with Crippen molar-refractivity contribution in [1.29, 1.82) is 0 Å². The molecular formula is C16H28O3. The van der Waals surface area contributed by atoms with E-state index in [1.807, 2.05) is 0 Å². The van der Waals surface area contributed by atoms with Crippen LogP contribution in [0.4, 0.5) is 0 Å². The predicted octanol–water partition coefficient (Wildman–Crippen LogP) is 3.86. The number of hydrogen-bond acceptors (Lipinski definition) is 2. The molecular weight excluding hydrogens is 240 g/mol. The van der Waals surface area contributed by atoms with Crippen molar-refractivity contribution < 1.29 is 14.6 Å². The smallest absolute Gasteiger partial charge is 0.309 e. The topological polar surface area (TPSA) is 46.5 Å². The standard InChI is InChI=1S/C16H28O3/c1-12(2)13-6-8-16(9-7-13,15(17)18)11-14-5-3-4-10-19-14/h12-14H,3-11H2,1-2H3,(H,17,18). The molecule has 0 amide bonds. The second-order valence-corrected chi connectivity index (χ2v) is 6.86. The third kappa shape index (κ3) is 3.50. The third-order valence-corrected chi connectivity index (χ3v) is 5.28. The highest BCUT2D eigenvalue weighted by molar-refractivity contribution is 5.74. The van der Waals surface area contributed by atoms with E-state index < -0.39 is 11.4 Å². The number of ether oxygens (including phenoxy) is 1. The maximum atomic E-state index is 11.8. The van der Waals surface area contributed by atoms with Crippen LogP contribution >= 0.6 is 0 Å². The van der Waals surface area contributed by atoms with Crippen LogP contribution in [0.25, 0.3) is 0 Å². The molecule has 1 saturated carbocycles. The quantitative estimate of drug-likeness (QED) is 0.842. The van der Waals surface area contributed by atoms with Crippen molar-refractivity contribution in [2.75, 3.05) is 6.61 Å². The molecule has 3 nitrogen and oxygen atoms in total. The van der Waals surface area contributed by atoms with Gasteiger partial charge in [-0.05, 0) is 63.2 Å². The molecule has 110 valence electrons. The van der Waals surface area contributed by atoms with Crippen LogP contribution in [0.15, 0.2) is 0 Å². The molecule has 1 atom stereocenters. The first kappa shape index (κ1) is 14.8. The lowest BCUT2D eigenvalue weighted by molar-refractivity contribution is -0.156. The van der Waals surface area contributed by atoms with E-state index in [-0.39, 0.29) is 6.10 Å². The molecule has 3 heteroatoms. The van der Waals surface area contributed by atoms with Gasteiger partial charge in [-0.3, -0.25) is 4.79 Å². The van der Waals surface area contributed by atoms with Crippen LogP contribution in [0, 0.1) is 17.3 Å². The van der Waals surface area contributed by atoms with Gasteiger partial charge in [-0.2, -0.15) is 0 Å². The van der Waals surface area contributed by atoms with Crippen molar-refractivity contribution in [2.24, 2.45) is 17.3 Å². The van der Waals surface area contributed by atoms with Gasteiger partial charge in [-0.25, -0.2) is 0 Å². The van der Waals surface area contributed by atoms with E-state index in [2.05, 4.69) is 13.8 Å². The summed E-state index contributed by atoms with van der Waals surface area (Å²) in [4.78, 5) is 11.8. The van der Waals surface area contributed by atoms with Gasteiger partial charge in [0.25, 0.3) is 0 Å². The van der Waals surface area contributed by atoms with Crippen molar-refractivity contribution in [3.8, 4) is 0 Å². The van der Waals surface area contributed by atoms with Gasteiger partial charge in [0.05, 0.1) is 11.5 Å². The SMILES string of the molecule is CC(C)C1CCC(CC2CCCCO2)(C(=O)O)CC1. The predicted molar refractivity (Wildman–Crippen MR) is 75.1 cm³/mol. The Labute approximate surface area is 116 Å². The molecule has 1 heterocycles. The summed E-state index contributed by atoms with van der Waals surface area (Å²) in [5.41, 5.74) is -0.507. The number of carboxylic acid groups (broad SMARTS) is 1. The van der Waals surface area contributed by atoms with E-state index in [0.29, 0.717) is 11.8 Å². The average Bonchev–Trinajstić information content (AvgIpc) is 2.40. The zero-order valence-electron chi connectivity index (χ0n) is 12.4. The van der Waals surface area contributed by atoms with Crippen LogP contribution in [-0.2, 0) is 9.53 Å². The first-order valence-electron chi connectivity index (χ1n) is 7.88. The van der Waals surface area contributed by atoms with E-state index in [1.54, 1.807) is 0 Å². The highest BCUT2D eigenvalue weighted by atomic mass is 16.5. The first-order valence-corrected chi connectivity index (χ1v) is 7.88. The summed E-state index contributed by atoms with van der Waals surface area (Å²) >= 11 is 0. The Hall–Kier alpha value is -0.570. The summed E-state index contributed by atoms with van der Waals surface area (Å²) in [7, 11) is 0. The van der Waals surface area contributed by atoms with E-state index >= 15 is 0 Å². The van der Waals surface area contributed by atoms with Crippen molar-refractivity contribution in [3.05, 3.63) is 0 Å². The molecule has 1 saturated heterocycles. The third-order valence-electron chi connectivity index (χ3n) is 5.28. The van der Waals surface area contributed by atoms with E-state index in [0.717, 1.165) is 51.6 Å². The molecule has 0 bridgehead atoms. The van der Waals surface area contributed by atoms with Crippen LogP contribution in [0.2, 0.25) is 0 Å². The van der Waals surface area contributed by atoms with Crippen LogP contribution in [0.1, 0.15) is 65.2 Å². The van der Waals surface area contributed by atoms with Gasteiger partial charge < -0.3 is 9.84 Å². The molecule has 2 fully saturated rings. The van der Waals surface area contributed by atoms with E-state index in [9.17, 15) is 9.90 Å². The summed E-state index contributed by atoms with van der Waals surface area (Å²) in [5, 5.41) is 9.69. The fourth-order valence-electron chi connectivity index (χ4n) is 3.77. The normalized spacial score (nSPS) is 36.4. The molecule has 0 spiro atoms. The summed E-state index contributed by atoms with van der Waals surface area (Å²) in [6.07, 6.45) is 8.08. The molecule has 1 aliphatic heterocycles. The summed E-state index contributed by atoms with van der Waals surface area (Å²) in [6.45, 7) is 5.32. The number of rotatable bonds is 4. The summed E-state index contributed by atoms with van der Waals surface area (Å²) < 4.78 is 5.77. The maximum Gasteiger partial charge on any atom is 0.309 e. The molecule has 19 heavy (non-hydrogen) atoms. The number of carboxylic acids is 1. The summed E-state index contributed by atoms with van der Waals surface area (Å²) in [5.74, 6) is 0.793. The van der Waals surface area contributed by atoms with Crippen molar-refractivity contribution in [1.82, 2.24) is 0 Å². The number of aliphatic carboxylic acids is 1. The molecule has 1 N–H and O–H groups in total. The zero-order chi connectivity index (χ0) is 13.9. The second-order valence-electron chi connectivity index (χ2n) is 6.86. The Kier molecular flexibility index (Phi) is 4.88. The number of carbonyl (C=O) groups is 1. The molecule has 0 aromatic rings. The molecule has 2 aliphatic rings. The highest BCUT2D eigenvalue weighted by Crippen LogP contribution is 2.45. The Morgan fingerprint density at radius 2 is 1.95 bits per heavy atom. The zero-order valence-corrected chi connectivity index (χ0v) is 12.4. The molecule has 0 aromatic heterocycles. The molecule has 0 radical (unpaired) electrons. The minimum absolute atomic E-state index is 0.181. The van der Waals surface area contributed by atoms with Gasteiger partial charge >= 0.3 is 5.97 Å². The van der Waals surface area contributed by atoms with E-state index in [1.165, 1.54) is 6.42 Å². The lowest BCUT2D eigenvalue weighted by Gasteiger charge is -2.40. The molecule has 1 unspecified atom stereocenters. The van der Waals surface area contributed by atoms with Gasteiger partial charge in [-0.1, -0.05) is 13.8 Å². The fraction of sp³-hybridized carbons (Fsp3) is 0.938. The monoisotopic (exact) mass is 268 g/mol. The van der Waals surface area contributed by atoms with Crippen LogP contribution < -0.4 is 0 Å². The number of hydrogen-bond donors (Lipinski definition) is 1. The van der Waals surface area contributed by atoms with Crippen molar-refractivity contribution >= 4 is 5.97 Å². The van der Waals surface area contributed by atoms with Gasteiger partial charge in [0.2, 0.25) is 0 Å². The molecule has 0 aromatic carbocycles. The maximum absolute atomic E-state index is 11.8. The highest BCUT2D eigenvalue weighted by Gasteiger charge is 2.44. The van der Waals surface area contributed by atoms with Crippen LogP contribution in [0.3, 0.4) is 0 Å². The molecule has 2 rings (SSSR count). The lowest BCUT2D eigenvalue weighted by atomic mass is 9.65. The van der Waals surface area contributed by atoms with Gasteiger partial charge in [0.15, 0.2) is 0 Å². The van der Waals surface area contributed by atoms with Gasteiger partial charge in [0.1, 0.15) is 0 Å². The Balaban J connectivity index is 1.97. The Morgan fingerprint density at radius 1 is 1.26 bits per heavy atom. The van der Waals surface area contributed by atoms with Crippen LogP contribution in [0.5, 0.6) is 0 Å². The van der Waals surface area contributed by atoms with Crippen molar-refractivity contribution in [2.45, 2.75) is 71.3 Å². The Bertz CT molecular complexity index is 297. The van der Waals surface area contributed by atoms with Crippen molar-refractivity contribution in [3.63, 3.8) is 0 Å². The first-order chi connectivity index (χ1) is 9.03. The lowest BCUT2D eigenvalue weighted by Crippen LogP contribution is -2.40. The molecule has 1 aliphatic carbocycles. The second kappa shape index (κ2) is 6.25. The van der Waals surface area contributed by atoms with Crippen LogP contribution in [-0.4, -0.2) is 23.8 Å². The fourth-order valence-corrected chi connectivity index (χ4v) is 3.77. The summed E-state index contributed by atoms with van der Waals surface area (Å²) in [6, 6.07) is 0. The minimum atomic E-state index is -0.594. The average molecular weight is 268 g/mol.